The Morgan fingerprint density at radius 3 is 1.00 bits per heavy atom. The fourth-order valence-corrected chi connectivity index (χ4v) is 6.96. The molecule has 4 N–H and O–H groups in total. The summed E-state index contributed by atoms with van der Waals surface area (Å²) in [6, 6.07) is 14.0. The van der Waals surface area contributed by atoms with E-state index in [9.17, 15) is 9.90 Å². The van der Waals surface area contributed by atoms with E-state index in [1.54, 1.807) is 12.6 Å². The van der Waals surface area contributed by atoms with E-state index in [1.165, 1.54) is 242 Å². The van der Waals surface area contributed by atoms with Gasteiger partial charge in [-0.05, 0) is 93.4 Å². The topological polar surface area (TPSA) is 214 Å². The first kappa shape index (κ1) is 105. The fraction of sp³-hybridized carbons (Fsp3) is 0.700. The monoisotopic (exact) mass is 1350 g/mol. The maximum absolute atomic E-state index is 10.9. The Kier molecular flexibility index (Phi) is 118. The van der Waals surface area contributed by atoms with Gasteiger partial charge in [-0.25, -0.2) is 0 Å². The predicted octanol–water partition coefficient (Wildman–Crippen LogP) is 13.8. The second-order valence-electron chi connectivity index (χ2n) is 20.1. The van der Waals surface area contributed by atoms with Gasteiger partial charge in [-0.15, -0.1) is 24.6 Å². The summed E-state index contributed by atoms with van der Waals surface area (Å²) in [5.74, 6) is -1.23. The predicted molar refractivity (Wildman–Crippen MR) is 375 cm³/mol. The Morgan fingerprint density at radius 1 is 0.494 bits per heavy atom. The van der Waals surface area contributed by atoms with Crippen LogP contribution in [0.25, 0.3) is 22.2 Å². The normalized spacial score (nSPS) is 9.03. The van der Waals surface area contributed by atoms with Gasteiger partial charge in [0.05, 0.1) is 76.3 Å². The van der Waals surface area contributed by atoms with Gasteiger partial charge in [0.25, 0.3) is 6.47 Å². The van der Waals surface area contributed by atoms with Crippen LogP contribution in [0, 0.1) is 6.42 Å². The molecule has 0 unspecified atom stereocenters. The molecule has 3 aromatic heterocycles. The van der Waals surface area contributed by atoms with Gasteiger partial charge in [-0.1, -0.05) is 244 Å². The Bertz CT molecular complexity index is 1670. The maximum atomic E-state index is 10.9. The number of hydrogen-bond acceptors (Lipinski definition) is 10. The smallest absolute Gasteiger partial charge is 0.753 e. The first-order chi connectivity index (χ1) is 41.2. The van der Waals surface area contributed by atoms with Crippen LogP contribution in [-0.2, 0) is 29.1 Å². The molecule has 14 nitrogen and oxygen atoms in total. The van der Waals surface area contributed by atoms with Crippen molar-refractivity contribution in [3.8, 4) is 11.4 Å². The van der Waals surface area contributed by atoms with E-state index in [0.717, 1.165) is 11.4 Å². The van der Waals surface area contributed by atoms with E-state index in [0.29, 0.717) is 11.4 Å². The number of nitrogens with zero attached hydrogens (tertiary/aromatic N) is 5. The number of aromatic nitrogens is 3. The molecule has 0 fully saturated rings. The molecule has 507 valence electrons. The van der Waals surface area contributed by atoms with Gasteiger partial charge in [0.15, 0.2) is 0 Å². The zero-order chi connectivity index (χ0) is 66.3. The molecule has 87 heavy (non-hydrogen) atoms. The van der Waals surface area contributed by atoms with Gasteiger partial charge in [0.1, 0.15) is 0 Å². The largest absolute Gasteiger partial charge is 3.00 e. The molecule has 0 aromatic carbocycles. The SMILES string of the molecule is C.CCCC.CCCC.CCCC.CCCC[NH+](CCCC)CCCC.CCCC[NH+](CCCC)CCCC.CCCC[NH+](CCCC)CCCC.O=C([O-])c1ccnc([CH-]c2cccc(-c3ccccn3)n2)c1.O=CO.O=C[O-].[N-]=C=S.[N-]=C=S.[Ru+3]. The van der Waals surface area contributed by atoms with E-state index in [-0.39, 0.29) is 38.9 Å². The van der Waals surface area contributed by atoms with Gasteiger partial charge in [0, 0.05) is 18.9 Å². The number of quaternary nitrogens is 3. The zero-order valence-electron chi connectivity index (χ0n) is 57.2. The minimum atomic E-state index is -1.23. The van der Waals surface area contributed by atoms with Crippen molar-refractivity contribution in [2.75, 3.05) is 58.9 Å². The number of thiocarbonyl (C=S) groups is 2. The van der Waals surface area contributed by atoms with Crippen molar-refractivity contribution >= 4 is 53.7 Å². The molecule has 0 bridgehead atoms. The van der Waals surface area contributed by atoms with Crippen LogP contribution in [-0.4, -0.2) is 108 Å². The molecule has 0 aliphatic rings. The average molecular weight is 1350 g/mol. The number of pyridine rings is 3. The number of aromatic carboxylic acids is 1. The summed E-state index contributed by atoms with van der Waals surface area (Å²) in [5.41, 5.74) is 2.78. The number of carbonyl (C=O) groups is 3. The number of carbonyl (C=O) groups excluding carboxylic acids is 2. The molecule has 0 aliphatic heterocycles. The minimum absolute atomic E-state index is 0. The number of hydrogen-bond donors (Lipinski definition) is 4. The van der Waals surface area contributed by atoms with Gasteiger partial charge < -0.3 is 50.4 Å². The molecule has 1 radical (unpaired) electrons. The van der Waals surface area contributed by atoms with Crippen molar-refractivity contribution in [1.29, 1.82) is 0 Å². The summed E-state index contributed by atoms with van der Waals surface area (Å²) in [6.07, 6.45) is 37.6. The fourth-order valence-electron chi connectivity index (χ4n) is 6.96. The summed E-state index contributed by atoms with van der Waals surface area (Å²) in [5, 5.41) is 42.9. The third-order valence-corrected chi connectivity index (χ3v) is 12.5. The van der Waals surface area contributed by atoms with Crippen molar-refractivity contribution in [2.45, 2.75) is 265 Å². The number of nitrogens with one attached hydrogen (secondary N) is 3. The second kappa shape index (κ2) is 98.1. The van der Waals surface area contributed by atoms with Crippen molar-refractivity contribution < 1.29 is 63.9 Å². The zero-order valence-corrected chi connectivity index (χ0v) is 60.6. The van der Waals surface area contributed by atoms with E-state index < -0.39 is 12.4 Å². The quantitative estimate of drug-likeness (QED) is 0.0145. The number of isothiocyanates is 2. The Labute approximate surface area is 559 Å². The second-order valence-corrected chi connectivity index (χ2v) is 20.5. The van der Waals surface area contributed by atoms with Crippen LogP contribution in [0.5, 0.6) is 0 Å². The van der Waals surface area contributed by atoms with Crippen LogP contribution in [0.4, 0.5) is 0 Å². The van der Waals surface area contributed by atoms with Crippen molar-refractivity contribution in [3.63, 3.8) is 0 Å². The van der Waals surface area contributed by atoms with Gasteiger partial charge in [0.2, 0.25) is 0 Å². The van der Waals surface area contributed by atoms with E-state index in [2.05, 4.69) is 143 Å². The van der Waals surface area contributed by atoms with Crippen LogP contribution >= 0.6 is 24.4 Å². The minimum Gasteiger partial charge on any atom is -0.753 e. The van der Waals surface area contributed by atoms with Gasteiger partial charge in [-0.3, -0.25) is 19.7 Å². The van der Waals surface area contributed by atoms with E-state index in [1.807, 2.05) is 51.1 Å². The van der Waals surface area contributed by atoms with Gasteiger partial charge in [-0.2, -0.15) is 10.3 Å². The van der Waals surface area contributed by atoms with Crippen LogP contribution in [0.1, 0.15) is 287 Å². The Balaban J connectivity index is -0.000000102. The summed E-state index contributed by atoms with van der Waals surface area (Å²) < 4.78 is 0. The van der Waals surface area contributed by atoms with Crippen LogP contribution < -0.4 is 24.9 Å². The van der Waals surface area contributed by atoms with Crippen molar-refractivity contribution in [3.05, 3.63) is 95.1 Å². The van der Waals surface area contributed by atoms with Crippen LogP contribution in [0.15, 0.2) is 60.9 Å². The number of carboxylic acids is 1. The number of rotatable bonds is 34. The molecule has 0 saturated heterocycles. The maximum Gasteiger partial charge on any atom is 3.00 e. The summed E-state index contributed by atoms with van der Waals surface area (Å²) in [6.45, 7) is 45.5. The Hall–Kier alpha value is -4.17. The standard InChI is InChI=1S/C17H12N3O2.3C12H27N.3C4H10.2CNS.2CH2O2.CH4.Ru/c21-17(22)12-7-9-18-14(10-12)11-13-4-3-6-16(20-13)15-5-1-2-8-19-15;3*1-4-7-10-13(11-8-5-2)12-9-6-3;3*1-3-4-2;4*2-1-3;;/h1-11H,(H,21,22);3*4-12H2,1-3H3;3*3-4H2,1-2H3;;;2*1H,(H,2,3);1H4;/q-1;;;;;;;2*-1;;;;+3/p+1. The molecule has 3 rings (SSSR count). The van der Waals surface area contributed by atoms with E-state index >= 15 is 0 Å². The molecular formula is C70H132N8O6RuS2+. The average Bonchev–Trinajstić information content (AvgIpc) is 3.73. The molecule has 3 heterocycles. The summed E-state index contributed by atoms with van der Waals surface area (Å²) >= 11 is 7.40. The first-order valence-corrected chi connectivity index (χ1v) is 33.6. The molecule has 0 spiro atoms. The van der Waals surface area contributed by atoms with Crippen LogP contribution in [0.3, 0.4) is 0 Å². The molecule has 3 aromatic rings. The number of unbranched alkanes of at least 4 members (excludes halogenated alkanes) is 12. The van der Waals surface area contributed by atoms with Gasteiger partial charge >= 0.3 is 19.5 Å². The molecule has 0 amide bonds. The molecule has 0 atom stereocenters. The first-order valence-electron chi connectivity index (χ1n) is 32.7. The molecular weight excluding hydrogens is 1210 g/mol. The van der Waals surface area contributed by atoms with Crippen molar-refractivity contribution in [2.24, 2.45) is 0 Å². The third kappa shape index (κ3) is 93.1. The summed E-state index contributed by atoms with van der Waals surface area (Å²) in [7, 11) is 0. The number of carboxylic acid groups (broad SMARTS) is 3. The van der Waals surface area contributed by atoms with E-state index in [4.69, 9.17) is 30.6 Å². The molecule has 17 heteroatoms. The van der Waals surface area contributed by atoms with Crippen molar-refractivity contribution in [1.82, 2.24) is 15.0 Å². The molecule has 0 aliphatic carbocycles. The third-order valence-electron chi connectivity index (χ3n) is 12.5. The van der Waals surface area contributed by atoms with Crippen LogP contribution in [0.2, 0.25) is 0 Å². The Morgan fingerprint density at radius 2 is 0.770 bits per heavy atom. The molecule has 0 saturated carbocycles. The summed E-state index contributed by atoms with van der Waals surface area (Å²) in [4.78, 5) is 45.9.